The van der Waals surface area contributed by atoms with Gasteiger partial charge in [0.2, 0.25) is 0 Å². The summed E-state index contributed by atoms with van der Waals surface area (Å²) in [6.07, 6.45) is 0.735. The molecule has 0 bridgehead atoms. The number of aryl methyl sites for hydroxylation is 2. The van der Waals surface area contributed by atoms with Gasteiger partial charge in [0.25, 0.3) is 0 Å². The molecule has 1 aromatic heterocycles. The van der Waals surface area contributed by atoms with Gasteiger partial charge in [-0.15, -0.1) is 0 Å². The molecule has 4 nitrogen and oxygen atoms in total. The van der Waals surface area contributed by atoms with Gasteiger partial charge >= 0.3 is 5.63 Å². The lowest BCUT2D eigenvalue weighted by atomic mass is 10.0. The van der Waals surface area contributed by atoms with Gasteiger partial charge in [-0.3, -0.25) is 4.79 Å². The average molecular weight is 398 g/mol. The lowest BCUT2D eigenvalue weighted by Gasteiger charge is -2.12. The van der Waals surface area contributed by atoms with Gasteiger partial charge in [0.1, 0.15) is 11.3 Å². The Morgan fingerprint density at radius 1 is 0.933 bits per heavy atom. The highest BCUT2D eigenvalue weighted by atomic mass is 16.5. The molecule has 0 saturated heterocycles. The molecular weight excluding hydrogens is 376 g/mol. The second-order valence-corrected chi connectivity index (χ2v) is 7.16. The lowest BCUT2D eigenvalue weighted by Crippen LogP contribution is -2.12. The maximum atomic E-state index is 12.6. The molecule has 4 aromatic rings. The van der Waals surface area contributed by atoms with Gasteiger partial charge in [0.05, 0.1) is 0 Å². The van der Waals surface area contributed by atoms with E-state index in [-0.39, 0.29) is 18.0 Å². The van der Waals surface area contributed by atoms with Crippen molar-refractivity contribution in [2.45, 2.75) is 20.3 Å². The van der Waals surface area contributed by atoms with Crippen LogP contribution >= 0.6 is 0 Å². The number of rotatable bonds is 6. The van der Waals surface area contributed by atoms with Crippen LogP contribution in [0.15, 0.2) is 82.0 Å². The minimum absolute atomic E-state index is 0.0886. The minimum atomic E-state index is -0.380. The quantitative estimate of drug-likeness (QED) is 0.314. The fraction of sp³-hybridized carbons (Fsp3) is 0.154. The molecule has 0 aliphatic rings. The average Bonchev–Trinajstić information content (AvgIpc) is 2.79. The summed E-state index contributed by atoms with van der Waals surface area (Å²) in [4.78, 5) is 24.4. The first-order chi connectivity index (χ1) is 14.6. The van der Waals surface area contributed by atoms with Crippen LogP contribution in [0, 0.1) is 6.92 Å². The van der Waals surface area contributed by atoms with E-state index in [2.05, 4.69) is 0 Å². The van der Waals surface area contributed by atoms with Crippen molar-refractivity contribution in [2.24, 2.45) is 0 Å². The lowest BCUT2D eigenvalue weighted by molar-refractivity contribution is 0.0921. The molecule has 0 radical (unpaired) electrons. The van der Waals surface area contributed by atoms with Crippen molar-refractivity contribution in [3.8, 4) is 16.9 Å². The van der Waals surface area contributed by atoms with Crippen LogP contribution in [-0.4, -0.2) is 12.4 Å². The third kappa shape index (κ3) is 3.90. The van der Waals surface area contributed by atoms with Crippen LogP contribution < -0.4 is 10.4 Å². The Hall–Kier alpha value is -3.66. The molecule has 0 unspecified atom stereocenters. The zero-order chi connectivity index (χ0) is 21.1. The number of carbonyl (C=O) groups is 1. The molecule has 0 N–H and O–H groups in total. The topological polar surface area (TPSA) is 56.5 Å². The molecule has 1 heterocycles. The molecule has 0 atom stereocenters. The summed E-state index contributed by atoms with van der Waals surface area (Å²) in [5.74, 6) is 0.422. The zero-order valence-electron chi connectivity index (χ0n) is 17.0. The summed E-state index contributed by atoms with van der Waals surface area (Å²) in [5.41, 5.74) is 4.53. The third-order valence-corrected chi connectivity index (χ3v) is 5.25. The Bertz CT molecular complexity index is 1250. The maximum Gasteiger partial charge on any atom is 0.336 e. The van der Waals surface area contributed by atoms with E-state index in [1.165, 1.54) is 6.07 Å². The van der Waals surface area contributed by atoms with Crippen LogP contribution in [-0.2, 0) is 6.42 Å². The molecule has 0 saturated carbocycles. The van der Waals surface area contributed by atoms with Crippen LogP contribution in [0.4, 0.5) is 0 Å². The van der Waals surface area contributed by atoms with E-state index in [9.17, 15) is 9.59 Å². The molecule has 0 fully saturated rings. The molecule has 30 heavy (non-hydrogen) atoms. The van der Waals surface area contributed by atoms with Gasteiger partial charge in [-0.2, -0.15) is 0 Å². The number of hydrogen-bond donors (Lipinski definition) is 0. The number of ether oxygens (including phenoxy) is 1. The maximum absolute atomic E-state index is 12.6. The highest BCUT2D eigenvalue weighted by molar-refractivity contribution is 5.97. The van der Waals surface area contributed by atoms with Crippen molar-refractivity contribution in [3.05, 3.63) is 99.9 Å². The van der Waals surface area contributed by atoms with E-state index in [1.54, 1.807) is 0 Å². The number of hydrogen-bond acceptors (Lipinski definition) is 4. The van der Waals surface area contributed by atoms with Crippen molar-refractivity contribution in [1.82, 2.24) is 0 Å². The predicted molar refractivity (Wildman–Crippen MR) is 118 cm³/mol. The molecular formula is C26H22O4. The van der Waals surface area contributed by atoms with Crippen LogP contribution in [0.1, 0.15) is 28.4 Å². The third-order valence-electron chi connectivity index (χ3n) is 5.25. The SMILES string of the molecule is CCc1cc(=O)oc2c(C)c(OCC(=O)c3ccc(-c4ccccc4)cc3)ccc12. The van der Waals surface area contributed by atoms with Crippen molar-refractivity contribution < 1.29 is 13.9 Å². The first-order valence-electron chi connectivity index (χ1n) is 9.94. The number of carbonyl (C=O) groups excluding carboxylic acids is 1. The summed E-state index contributed by atoms with van der Waals surface area (Å²) in [7, 11) is 0. The van der Waals surface area contributed by atoms with Gasteiger partial charge < -0.3 is 9.15 Å². The van der Waals surface area contributed by atoms with E-state index in [0.717, 1.165) is 28.5 Å². The molecule has 0 aliphatic carbocycles. The van der Waals surface area contributed by atoms with Gasteiger partial charge in [-0.1, -0.05) is 61.5 Å². The van der Waals surface area contributed by atoms with E-state index < -0.39 is 0 Å². The van der Waals surface area contributed by atoms with E-state index in [4.69, 9.17) is 9.15 Å². The Labute approximate surface area is 174 Å². The smallest absolute Gasteiger partial charge is 0.336 e. The van der Waals surface area contributed by atoms with Crippen molar-refractivity contribution in [2.75, 3.05) is 6.61 Å². The van der Waals surface area contributed by atoms with E-state index in [1.807, 2.05) is 80.6 Å². The largest absolute Gasteiger partial charge is 0.485 e. The van der Waals surface area contributed by atoms with Crippen molar-refractivity contribution in [1.29, 1.82) is 0 Å². The van der Waals surface area contributed by atoms with Crippen LogP contribution in [0.2, 0.25) is 0 Å². The van der Waals surface area contributed by atoms with Crippen molar-refractivity contribution in [3.63, 3.8) is 0 Å². The molecule has 0 amide bonds. The second-order valence-electron chi connectivity index (χ2n) is 7.16. The summed E-state index contributed by atoms with van der Waals surface area (Å²) in [6.45, 7) is 3.74. The van der Waals surface area contributed by atoms with E-state index in [0.29, 0.717) is 22.5 Å². The second kappa shape index (κ2) is 8.37. The van der Waals surface area contributed by atoms with Gasteiger partial charge in [-0.05, 0) is 42.2 Å². The van der Waals surface area contributed by atoms with Crippen LogP contribution in [0.25, 0.3) is 22.1 Å². The normalized spacial score (nSPS) is 10.9. The van der Waals surface area contributed by atoms with E-state index >= 15 is 0 Å². The monoisotopic (exact) mass is 398 g/mol. The van der Waals surface area contributed by atoms with Crippen LogP contribution in [0.5, 0.6) is 5.75 Å². The number of ketones is 1. The molecule has 0 spiro atoms. The first-order valence-corrected chi connectivity index (χ1v) is 9.94. The highest BCUT2D eigenvalue weighted by Gasteiger charge is 2.13. The van der Waals surface area contributed by atoms with Crippen molar-refractivity contribution >= 4 is 16.8 Å². The molecule has 3 aromatic carbocycles. The zero-order valence-corrected chi connectivity index (χ0v) is 17.0. The summed E-state index contributed by atoms with van der Waals surface area (Å²) in [5, 5.41) is 0.893. The molecule has 150 valence electrons. The van der Waals surface area contributed by atoms with Gasteiger partial charge in [0, 0.05) is 22.6 Å². The predicted octanol–water partition coefficient (Wildman–Crippen LogP) is 5.59. The molecule has 4 rings (SSSR count). The summed E-state index contributed by atoms with van der Waals surface area (Å²) in [6, 6.07) is 22.7. The fourth-order valence-corrected chi connectivity index (χ4v) is 3.56. The molecule has 0 aliphatic heterocycles. The fourth-order valence-electron chi connectivity index (χ4n) is 3.56. The number of Topliss-reactive ketones (excluding diaryl/α,β-unsaturated/α-hetero) is 1. The first kappa shape index (κ1) is 19.6. The van der Waals surface area contributed by atoms with Gasteiger partial charge in [0.15, 0.2) is 12.4 Å². The summed E-state index contributed by atoms with van der Waals surface area (Å²) >= 11 is 0. The number of benzene rings is 3. The Morgan fingerprint density at radius 2 is 1.63 bits per heavy atom. The number of fused-ring (bicyclic) bond motifs is 1. The Morgan fingerprint density at radius 3 is 2.33 bits per heavy atom. The Kier molecular flexibility index (Phi) is 5.48. The van der Waals surface area contributed by atoms with Gasteiger partial charge in [-0.25, -0.2) is 4.79 Å². The van der Waals surface area contributed by atoms with Crippen LogP contribution in [0.3, 0.4) is 0 Å². The highest BCUT2D eigenvalue weighted by Crippen LogP contribution is 2.29. The summed E-state index contributed by atoms with van der Waals surface area (Å²) < 4.78 is 11.2. The molecule has 4 heteroatoms. The minimum Gasteiger partial charge on any atom is -0.485 e. The standard InChI is InChI=1S/C26H22O4/c1-3-18-15-25(28)30-26-17(2)24(14-13-22(18)26)29-16-23(27)21-11-9-20(10-12-21)19-7-5-4-6-8-19/h4-15H,3,16H2,1-2H3. The Balaban J connectivity index is 1.52.